The molecule has 2 amide bonds. The van der Waals surface area contributed by atoms with E-state index in [4.69, 9.17) is 4.74 Å². The first-order valence-electron chi connectivity index (χ1n) is 7.13. The molecule has 0 spiro atoms. The summed E-state index contributed by atoms with van der Waals surface area (Å²) in [6.45, 7) is 5.24. The van der Waals surface area contributed by atoms with Crippen LogP contribution in [-0.4, -0.2) is 29.0 Å². The Kier molecular flexibility index (Phi) is 3.06. The summed E-state index contributed by atoms with van der Waals surface area (Å²) in [5.74, 6) is -2.10. The topological polar surface area (TPSA) is 46.6 Å². The number of piperidine rings is 1. The summed E-state index contributed by atoms with van der Waals surface area (Å²) < 4.78 is 32.0. The Morgan fingerprint density at radius 1 is 1.27 bits per heavy atom. The quantitative estimate of drug-likeness (QED) is 0.801. The Labute approximate surface area is 127 Å². The normalized spacial score (nSPS) is 26.9. The zero-order valence-electron chi connectivity index (χ0n) is 12.7. The molecule has 6 heteroatoms. The summed E-state index contributed by atoms with van der Waals surface area (Å²) in [6.07, 6.45) is -0.199. The van der Waals surface area contributed by atoms with Gasteiger partial charge in [0, 0.05) is 18.0 Å². The van der Waals surface area contributed by atoms with E-state index >= 15 is 0 Å². The molecule has 2 fully saturated rings. The lowest BCUT2D eigenvalue weighted by Gasteiger charge is -2.25. The van der Waals surface area contributed by atoms with Crippen LogP contribution in [0.2, 0.25) is 0 Å². The van der Waals surface area contributed by atoms with Gasteiger partial charge in [-0.1, -0.05) is 0 Å². The Morgan fingerprint density at radius 3 is 2.41 bits per heavy atom. The van der Waals surface area contributed by atoms with Gasteiger partial charge in [-0.05, 0) is 44.9 Å². The Balaban J connectivity index is 1.85. The highest BCUT2D eigenvalue weighted by Gasteiger charge is 2.67. The molecule has 2 aliphatic rings. The fraction of sp³-hybridized carbons (Fsp3) is 0.500. The van der Waals surface area contributed by atoms with Crippen LogP contribution in [0.1, 0.15) is 32.8 Å². The molecule has 1 saturated carbocycles. The summed E-state index contributed by atoms with van der Waals surface area (Å²) in [4.78, 5) is 25.4. The lowest BCUT2D eigenvalue weighted by molar-refractivity contribution is -0.129. The van der Waals surface area contributed by atoms with Gasteiger partial charge in [0.1, 0.15) is 17.2 Å². The SMILES string of the molecule is CC(C)(C)OC(=O)N1CC2(c3cc(F)cc(F)c3)CC2C1=O. The van der Waals surface area contributed by atoms with E-state index < -0.39 is 34.7 Å². The van der Waals surface area contributed by atoms with Crippen molar-refractivity contribution in [2.75, 3.05) is 6.54 Å². The second-order valence-corrected chi connectivity index (χ2v) is 6.98. The molecule has 0 N–H and O–H groups in total. The van der Waals surface area contributed by atoms with E-state index in [1.54, 1.807) is 20.8 Å². The average molecular weight is 309 g/mol. The minimum atomic E-state index is -0.707. The number of imide groups is 1. The summed E-state index contributed by atoms with van der Waals surface area (Å²) in [6, 6.07) is 3.25. The number of hydrogen-bond donors (Lipinski definition) is 0. The van der Waals surface area contributed by atoms with Crippen molar-refractivity contribution in [3.63, 3.8) is 0 Å². The molecule has 0 bridgehead atoms. The van der Waals surface area contributed by atoms with Gasteiger partial charge < -0.3 is 4.74 Å². The summed E-state index contributed by atoms with van der Waals surface area (Å²) in [5.41, 5.74) is -0.950. The number of likely N-dealkylation sites (tertiary alicyclic amines) is 1. The molecule has 2 atom stereocenters. The number of nitrogens with zero attached hydrogens (tertiary/aromatic N) is 1. The zero-order chi connectivity index (χ0) is 16.3. The van der Waals surface area contributed by atoms with E-state index in [0.29, 0.717) is 12.0 Å². The fourth-order valence-electron chi connectivity index (χ4n) is 3.08. The number of fused-ring (bicyclic) bond motifs is 1. The van der Waals surface area contributed by atoms with Crippen LogP contribution in [0, 0.1) is 17.6 Å². The molecule has 1 aromatic carbocycles. The van der Waals surface area contributed by atoms with Crippen molar-refractivity contribution in [2.24, 2.45) is 5.92 Å². The van der Waals surface area contributed by atoms with Crippen molar-refractivity contribution >= 4 is 12.0 Å². The predicted octanol–water partition coefficient (Wildman–Crippen LogP) is 3.00. The predicted molar refractivity (Wildman–Crippen MR) is 74.1 cm³/mol. The van der Waals surface area contributed by atoms with Crippen LogP contribution < -0.4 is 0 Å². The minimum absolute atomic E-state index is 0.105. The lowest BCUT2D eigenvalue weighted by Crippen LogP contribution is -2.40. The molecule has 3 rings (SSSR count). The van der Waals surface area contributed by atoms with Gasteiger partial charge in [0.15, 0.2) is 0 Å². The first kappa shape index (κ1) is 14.9. The summed E-state index contributed by atoms with van der Waals surface area (Å²) >= 11 is 0. The molecule has 4 nitrogen and oxygen atoms in total. The smallest absolute Gasteiger partial charge is 0.417 e. The molecular weight excluding hydrogens is 292 g/mol. The lowest BCUT2D eigenvalue weighted by atomic mass is 9.95. The van der Waals surface area contributed by atoms with E-state index in [1.165, 1.54) is 12.1 Å². The van der Waals surface area contributed by atoms with Gasteiger partial charge in [-0.2, -0.15) is 0 Å². The maximum atomic E-state index is 13.4. The van der Waals surface area contributed by atoms with Crippen molar-refractivity contribution in [1.82, 2.24) is 4.90 Å². The summed E-state index contributed by atoms with van der Waals surface area (Å²) in [7, 11) is 0. The van der Waals surface area contributed by atoms with Crippen LogP contribution in [0.25, 0.3) is 0 Å². The molecule has 2 unspecified atom stereocenters. The first-order valence-corrected chi connectivity index (χ1v) is 7.13. The van der Waals surface area contributed by atoms with Crippen LogP contribution in [0.3, 0.4) is 0 Å². The van der Waals surface area contributed by atoms with Crippen LogP contribution in [0.5, 0.6) is 0 Å². The Bertz CT molecular complexity index is 648. The highest BCUT2D eigenvalue weighted by molar-refractivity contribution is 5.99. The Hall–Kier alpha value is -1.98. The van der Waals surface area contributed by atoms with Gasteiger partial charge in [0.25, 0.3) is 0 Å². The number of rotatable bonds is 1. The number of carbonyl (C=O) groups is 2. The number of hydrogen-bond acceptors (Lipinski definition) is 3. The number of ether oxygens (including phenoxy) is 1. The van der Waals surface area contributed by atoms with E-state index in [1.807, 2.05) is 0 Å². The number of halogens is 2. The van der Waals surface area contributed by atoms with E-state index in [2.05, 4.69) is 0 Å². The van der Waals surface area contributed by atoms with Gasteiger partial charge in [0.05, 0.1) is 5.92 Å². The minimum Gasteiger partial charge on any atom is -0.443 e. The van der Waals surface area contributed by atoms with Crippen molar-refractivity contribution in [2.45, 2.75) is 38.2 Å². The first-order chi connectivity index (χ1) is 10.1. The van der Waals surface area contributed by atoms with E-state index in [0.717, 1.165) is 11.0 Å². The highest BCUT2D eigenvalue weighted by Crippen LogP contribution is 2.59. The Morgan fingerprint density at radius 2 is 1.86 bits per heavy atom. The van der Waals surface area contributed by atoms with E-state index in [-0.39, 0.29) is 12.5 Å². The van der Waals surface area contributed by atoms with Crippen LogP contribution in [0.4, 0.5) is 13.6 Å². The monoisotopic (exact) mass is 309 g/mol. The molecule has 0 radical (unpaired) electrons. The third-order valence-electron chi connectivity index (χ3n) is 4.13. The van der Waals surface area contributed by atoms with Gasteiger partial charge in [-0.3, -0.25) is 4.79 Å². The fourth-order valence-corrected chi connectivity index (χ4v) is 3.08. The third kappa shape index (κ3) is 2.36. The zero-order valence-corrected chi connectivity index (χ0v) is 12.7. The molecule has 1 heterocycles. The van der Waals surface area contributed by atoms with Crippen LogP contribution in [0.15, 0.2) is 18.2 Å². The van der Waals surface area contributed by atoms with Gasteiger partial charge in [0.2, 0.25) is 5.91 Å². The summed E-state index contributed by atoms with van der Waals surface area (Å²) in [5, 5.41) is 0. The number of benzene rings is 1. The number of carbonyl (C=O) groups excluding carboxylic acids is 2. The van der Waals surface area contributed by atoms with Crippen LogP contribution in [-0.2, 0) is 14.9 Å². The van der Waals surface area contributed by atoms with Crippen molar-refractivity contribution in [3.8, 4) is 0 Å². The molecule has 22 heavy (non-hydrogen) atoms. The van der Waals surface area contributed by atoms with Gasteiger partial charge in [-0.25, -0.2) is 18.5 Å². The molecule has 118 valence electrons. The average Bonchev–Trinajstić information content (AvgIpc) is 3.01. The molecular formula is C16H17F2NO3. The van der Waals surface area contributed by atoms with Crippen molar-refractivity contribution in [3.05, 3.63) is 35.4 Å². The van der Waals surface area contributed by atoms with Crippen molar-refractivity contribution < 1.29 is 23.1 Å². The van der Waals surface area contributed by atoms with E-state index in [9.17, 15) is 18.4 Å². The maximum absolute atomic E-state index is 13.4. The second-order valence-electron chi connectivity index (χ2n) is 6.98. The van der Waals surface area contributed by atoms with Crippen molar-refractivity contribution in [1.29, 1.82) is 0 Å². The molecule has 1 aromatic rings. The molecule has 0 aromatic heterocycles. The van der Waals surface area contributed by atoms with Gasteiger partial charge in [-0.15, -0.1) is 0 Å². The largest absolute Gasteiger partial charge is 0.443 e. The highest BCUT2D eigenvalue weighted by atomic mass is 19.1. The number of amides is 2. The molecule has 1 aliphatic carbocycles. The second kappa shape index (κ2) is 4.51. The maximum Gasteiger partial charge on any atom is 0.417 e. The van der Waals surface area contributed by atoms with Gasteiger partial charge >= 0.3 is 6.09 Å². The molecule has 1 aliphatic heterocycles. The van der Waals surface area contributed by atoms with Crippen LogP contribution >= 0.6 is 0 Å². The standard InChI is InChI=1S/C16H17F2NO3/c1-15(2,3)22-14(21)19-8-16(7-12(16)13(19)20)9-4-10(17)6-11(18)5-9/h4-6,12H,7-8H2,1-3H3. The molecule has 1 saturated heterocycles. The third-order valence-corrected chi connectivity index (χ3v) is 4.13.